The number of hydrogen-bond donors (Lipinski definition) is 0. The lowest BCUT2D eigenvalue weighted by atomic mass is 9.88. The third-order valence-corrected chi connectivity index (χ3v) is 1.59. The van der Waals surface area contributed by atoms with Gasteiger partial charge in [-0.1, -0.05) is 50.0 Å². The molecule has 12 heavy (non-hydrogen) atoms. The molecule has 0 atom stereocenters. The second-order valence-electron chi connectivity index (χ2n) is 3.78. The van der Waals surface area contributed by atoms with Crippen LogP contribution < -0.4 is 0 Å². The van der Waals surface area contributed by atoms with Crippen molar-refractivity contribution in [1.29, 1.82) is 0 Å². The lowest BCUT2D eigenvalue weighted by Gasteiger charge is -2.15. The molecule has 74 valence electrons. The molecule has 0 aromatic rings. The average molecular weight is 237 g/mol. The molecule has 0 aliphatic rings. The summed E-state index contributed by atoms with van der Waals surface area (Å²) in [5.74, 6) is 2.20. The van der Waals surface area contributed by atoms with E-state index in [0.717, 1.165) is 19.3 Å². The van der Waals surface area contributed by atoms with Crippen LogP contribution in [0.25, 0.3) is 0 Å². The van der Waals surface area contributed by atoms with Gasteiger partial charge in [0.05, 0.1) is 0 Å². The Bertz CT molecular complexity index is 113. The topological polar surface area (TPSA) is 17.1 Å². The fraction of sp³-hybridized carbons (Fsp3) is 0.900. The summed E-state index contributed by atoms with van der Waals surface area (Å²) < 4.78 is 0. The summed E-state index contributed by atoms with van der Waals surface area (Å²) in [6.45, 7) is 8.04. The maximum absolute atomic E-state index is 11.2. The van der Waals surface area contributed by atoms with E-state index in [1.165, 1.54) is 0 Å². The molecule has 0 saturated heterocycles. The molecule has 0 rings (SSSR count). The highest BCUT2D eigenvalue weighted by molar-refractivity contribution is 9.08. The van der Waals surface area contributed by atoms with Crippen molar-refractivity contribution >= 4 is 21.7 Å². The SMILES string of the molecule is CBr.CCCCC(=O)C(C)(C)C. The Balaban J connectivity index is 0. The van der Waals surface area contributed by atoms with Crippen molar-refractivity contribution in [2.75, 3.05) is 5.83 Å². The highest BCUT2D eigenvalue weighted by Gasteiger charge is 2.19. The Morgan fingerprint density at radius 2 is 1.67 bits per heavy atom. The van der Waals surface area contributed by atoms with E-state index in [0.29, 0.717) is 5.78 Å². The van der Waals surface area contributed by atoms with Crippen LogP contribution >= 0.6 is 15.9 Å². The lowest BCUT2D eigenvalue weighted by molar-refractivity contribution is -0.126. The van der Waals surface area contributed by atoms with Crippen LogP contribution in [0.3, 0.4) is 0 Å². The largest absolute Gasteiger partial charge is 0.299 e. The quantitative estimate of drug-likeness (QED) is 0.682. The van der Waals surface area contributed by atoms with Gasteiger partial charge in [0, 0.05) is 11.8 Å². The van der Waals surface area contributed by atoms with E-state index in [1.807, 2.05) is 26.6 Å². The first kappa shape index (κ1) is 14.7. The second-order valence-corrected chi connectivity index (χ2v) is 3.78. The van der Waals surface area contributed by atoms with Gasteiger partial charge >= 0.3 is 0 Å². The Kier molecular flexibility index (Phi) is 9.51. The molecule has 0 bridgehead atoms. The molecule has 0 heterocycles. The van der Waals surface area contributed by atoms with Gasteiger partial charge < -0.3 is 0 Å². The predicted octanol–water partition coefficient (Wildman–Crippen LogP) is 3.80. The summed E-state index contributed by atoms with van der Waals surface area (Å²) in [6, 6.07) is 0. The molecule has 0 spiro atoms. The van der Waals surface area contributed by atoms with Crippen molar-refractivity contribution in [3.8, 4) is 0 Å². The Labute approximate surface area is 85.1 Å². The summed E-state index contributed by atoms with van der Waals surface area (Å²) in [6.07, 6.45) is 2.90. The van der Waals surface area contributed by atoms with Crippen LogP contribution in [0.4, 0.5) is 0 Å². The number of rotatable bonds is 3. The minimum absolute atomic E-state index is 0.130. The molecule has 1 nitrogen and oxygen atoms in total. The molecule has 0 aromatic heterocycles. The van der Waals surface area contributed by atoms with Crippen LogP contribution in [0.15, 0.2) is 0 Å². The molecule has 0 amide bonds. The summed E-state index contributed by atoms with van der Waals surface area (Å²) in [5, 5.41) is 0. The third kappa shape index (κ3) is 8.25. The highest BCUT2D eigenvalue weighted by Crippen LogP contribution is 2.17. The number of carbonyl (C=O) groups is 1. The average Bonchev–Trinajstić information content (AvgIpc) is 2.02. The Morgan fingerprint density at radius 1 is 1.25 bits per heavy atom. The molecule has 0 aliphatic carbocycles. The molecule has 0 aromatic carbocycles. The Morgan fingerprint density at radius 3 is 1.92 bits per heavy atom. The number of unbranched alkanes of at least 4 members (excludes halogenated alkanes) is 1. The fourth-order valence-electron chi connectivity index (χ4n) is 0.712. The molecule has 0 aliphatic heterocycles. The van der Waals surface area contributed by atoms with Crippen LogP contribution in [-0.4, -0.2) is 11.6 Å². The third-order valence-electron chi connectivity index (χ3n) is 1.59. The fourth-order valence-corrected chi connectivity index (χ4v) is 0.712. The van der Waals surface area contributed by atoms with Gasteiger partial charge in [-0.05, 0) is 12.3 Å². The van der Waals surface area contributed by atoms with Crippen molar-refractivity contribution in [2.45, 2.75) is 47.0 Å². The Hall–Kier alpha value is 0.150. The summed E-state index contributed by atoms with van der Waals surface area (Å²) >= 11 is 2.94. The molecule has 0 saturated carbocycles. The van der Waals surface area contributed by atoms with Crippen LogP contribution in [0.5, 0.6) is 0 Å². The molecular formula is C10H21BrO. The van der Waals surface area contributed by atoms with Gasteiger partial charge in [-0.25, -0.2) is 0 Å². The predicted molar refractivity (Wildman–Crippen MR) is 58.8 cm³/mol. The first-order chi connectivity index (χ1) is 5.48. The van der Waals surface area contributed by atoms with Crippen molar-refractivity contribution in [1.82, 2.24) is 0 Å². The van der Waals surface area contributed by atoms with Gasteiger partial charge in [0.1, 0.15) is 5.78 Å². The number of Topliss-reactive ketones (excluding diaryl/α,β-unsaturated/α-hetero) is 1. The lowest BCUT2D eigenvalue weighted by Crippen LogP contribution is -2.19. The summed E-state index contributed by atoms with van der Waals surface area (Å²) in [7, 11) is 0. The molecular weight excluding hydrogens is 216 g/mol. The van der Waals surface area contributed by atoms with Crippen molar-refractivity contribution in [2.24, 2.45) is 5.41 Å². The zero-order valence-corrected chi connectivity index (χ0v) is 10.5. The van der Waals surface area contributed by atoms with Gasteiger partial charge in [-0.3, -0.25) is 4.79 Å². The van der Waals surface area contributed by atoms with Crippen molar-refractivity contribution in [3.63, 3.8) is 0 Å². The van der Waals surface area contributed by atoms with E-state index in [9.17, 15) is 4.79 Å². The normalized spacial score (nSPS) is 10.2. The number of alkyl halides is 1. The maximum Gasteiger partial charge on any atom is 0.138 e. The first-order valence-corrected chi connectivity index (χ1v) is 5.98. The summed E-state index contributed by atoms with van der Waals surface area (Å²) in [4.78, 5) is 11.2. The van der Waals surface area contributed by atoms with Crippen LogP contribution in [-0.2, 0) is 4.79 Å². The van der Waals surface area contributed by atoms with E-state index < -0.39 is 0 Å². The van der Waals surface area contributed by atoms with Crippen molar-refractivity contribution < 1.29 is 4.79 Å². The molecule has 0 N–H and O–H groups in total. The van der Waals surface area contributed by atoms with E-state index in [-0.39, 0.29) is 5.41 Å². The van der Waals surface area contributed by atoms with Crippen LogP contribution in [0.1, 0.15) is 47.0 Å². The van der Waals surface area contributed by atoms with Crippen molar-refractivity contribution in [3.05, 3.63) is 0 Å². The van der Waals surface area contributed by atoms with Gasteiger partial charge in [0.15, 0.2) is 0 Å². The van der Waals surface area contributed by atoms with Gasteiger partial charge in [0.2, 0.25) is 0 Å². The van der Waals surface area contributed by atoms with Gasteiger partial charge in [-0.15, -0.1) is 0 Å². The monoisotopic (exact) mass is 236 g/mol. The number of halogens is 1. The smallest absolute Gasteiger partial charge is 0.138 e. The highest BCUT2D eigenvalue weighted by atomic mass is 79.9. The maximum atomic E-state index is 11.2. The van der Waals surface area contributed by atoms with Crippen LogP contribution in [0, 0.1) is 5.41 Å². The second kappa shape index (κ2) is 7.78. The molecule has 0 radical (unpaired) electrons. The van der Waals surface area contributed by atoms with Gasteiger partial charge in [0.25, 0.3) is 0 Å². The molecule has 0 fully saturated rings. The number of hydrogen-bond acceptors (Lipinski definition) is 1. The first-order valence-electron chi connectivity index (χ1n) is 4.39. The van der Waals surface area contributed by atoms with E-state index in [4.69, 9.17) is 0 Å². The number of ketones is 1. The minimum atomic E-state index is -0.130. The molecule has 2 heteroatoms. The van der Waals surface area contributed by atoms with E-state index in [2.05, 4.69) is 22.9 Å². The standard InChI is InChI=1S/C9H18O.CH3Br/c1-5-6-7-8(10)9(2,3)4;1-2/h5-7H2,1-4H3;1H3. The van der Waals surface area contributed by atoms with Gasteiger partial charge in [-0.2, -0.15) is 0 Å². The zero-order chi connectivity index (χ0) is 10.2. The zero-order valence-electron chi connectivity index (χ0n) is 8.91. The summed E-state index contributed by atoms with van der Waals surface area (Å²) in [5.41, 5.74) is -0.130. The molecule has 0 unspecified atom stereocenters. The minimum Gasteiger partial charge on any atom is -0.299 e. The van der Waals surface area contributed by atoms with E-state index in [1.54, 1.807) is 0 Å². The van der Waals surface area contributed by atoms with E-state index >= 15 is 0 Å². The number of carbonyl (C=O) groups excluding carboxylic acids is 1. The van der Waals surface area contributed by atoms with Crippen LogP contribution in [0.2, 0.25) is 0 Å².